The molecule has 1 aliphatic carbocycles. The second-order valence-electron chi connectivity index (χ2n) is 3.44. The Balaban J connectivity index is 0.000000531. The number of aromatic nitrogens is 1. The molecule has 1 heterocycles. The Labute approximate surface area is 95.7 Å². The second-order valence-corrected chi connectivity index (χ2v) is 3.82. The zero-order valence-electron chi connectivity index (χ0n) is 9.38. The summed E-state index contributed by atoms with van der Waals surface area (Å²) in [5.41, 5.74) is 2.67. The molecule has 0 N–H and O–H groups in total. The lowest BCUT2D eigenvalue weighted by Crippen LogP contribution is -1.97. The highest BCUT2D eigenvalue weighted by Crippen LogP contribution is 2.41. The Bertz CT molecular complexity index is 359. The number of nitrogens with zero attached hydrogens (tertiary/aromatic N) is 1. The van der Waals surface area contributed by atoms with Crippen molar-refractivity contribution in [2.75, 3.05) is 0 Å². The summed E-state index contributed by atoms with van der Waals surface area (Å²) in [6, 6.07) is 1.62. The Hall–Kier alpha value is -0.890. The van der Waals surface area contributed by atoms with E-state index in [0.717, 1.165) is 17.5 Å². The predicted molar refractivity (Wildman–Crippen MR) is 62.7 cm³/mol. The molecule has 15 heavy (non-hydrogen) atoms. The van der Waals surface area contributed by atoms with Crippen LogP contribution in [0, 0.1) is 6.92 Å². The van der Waals surface area contributed by atoms with Crippen LogP contribution < -0.4 is 0 Å². The zero-order valence-corrected chi connectivity index (χ0v) is 10.1. The van der Waals surface area contributed by atoms with E-state index in [9.17, 15) is 4.79 Å². The lowest BCUT2D eigenvalue weighted by atomic mass is 10.1. The molecule has 0 radical (unpaired) electrons. The summed E-state index contributed by atoms with van der Waals surface area (Å²) in [6.07, 6.45) is 3.19. The molecular formula is C12H16ClNO. The second kappa shape index (κ2) is 5.26. The summed E-state index contributed by atoms with van der Waals surface area (Å²) >= 11 is 5.80. The molecule has 0 atom stereocenters. The molecule has 1 fully saturated rings. The van der Waals surface area contributed by atoms with Gasteiger partial charge in [-0.25, -0.2) is 4.98 Å². The van der Waals surface area contributed by atoms with Crippen molar-refractivity contribution in [3.63, 3.8) is 0 Å². The average Bonchev–Trinajstić information content (AvgIpc) is 3.07. The third-order valence-electron chi connectivity index (χ3n) is 2.41. The van der Waals surface area contributed by atoms with Crippen molar-refractivity contribution in [3.8, 4) is 0 Å². The molecule has 0 amide bonds. The largest absolute Gasteiger partial charge is 0.298 e. The van der Waals surface area contributed by atoms with Gasteiger partial charge in [0.05, 0.1) is 0 Å². The van der Waals surface area contributed by atoms with Gasteiger partial charge in [-0.3, -0.25) is 4.79 Å². The van der Waals surface area contributed by atoms with E-state index < -0.39 is 0 Å². The Morgan fingerprint density at radius 2 is 2.07 bits per heavy atom. The molecule has 2 nitrogen and oxygen atoms in total. The van der Waals surface area contributed by atoms with Crippen LogP contribution in [0.1, 0.15) is 54.2 Å². The third kappa shape index (κ3) is 2.78. The lowest BCUT2D eigenvalue weighted by molar-refractivity contribution is 0.112. The minimum atomic E-state index is 0.426. The molecular weight excluding hydrogens is 210 g/mol. The number of aldehydes is 1. The average molecular weight is 226 g/mol. The number of rotatable bonds is 2. The number of hydrogen-bond donors (Lipinski definition) is 0. The van der Waals surface area contributed by atoms with Crippen LogP contribution in [-0.4, -0.2) is 11.3 Å². The minimum Gasteiger partial charge on any atom is -0.298 e. The van der Waals surface area contributed by atoms with E-state index >= 15 is 0 Å². The summed E-state index contributed by atoms with van der Waals surface area (Å²) in [7, 11) is 0. The molecule has 0 aliphatic heterocycles. The van der Waals surface area contributed by atoms with E-state index in [1.807, 2.05) is 20.8 Å². The van der Waals surface area contributed by atoms with Crippen molar-refractivity contribution in [1.82, 2.24) is 4.98 Å². The lowest BCUT2D eigenvalue weighted by Gasteiger charge is -2.05. The first-order chi connectivity index (χ1) is 7.22. The monoisotopic (exact) mass is 225 g/mol. The number of hydrogen-bond acceptors (Lipinski definition) is 2. The maximum Gasteiger partial charge on any atom is 0.150 e. The van der Waals surface area contributed by atoms with Gasteiger partial charge in [-0.05, 0) is 31.4 Å². The van der Waals surface area contributed by atoms with Crippen molar-refractivity contribution >= 4 is 17.9 Å². The molecule has 0 aromatic carbocycles. The fourth-order valence-electron chi connectivity index (χ4n) is 1.49. The topological polar surface area (TPSA) is 30.0 Å². The van der Waals surface area contributed by atoms with Gasteiger partial charge in [0.2, 0.25) is 0 Å². The van der Waals surface area contributed by atoms with E-state index in [4.69, 9.17) is 11.6 Å². The minimum absolute atomic E-state index is 0.426. The SMILES string of the molecule is CC.Cc1c(C=O)cc(Cl)nc1C1CC1. The van der Waals surface area contributed by atoms with Crippen molar-refractivity contribution in [1.29, 1.82) is 0 Å². The van der Waals surface area contributed by atoms with Gasteiger partial charge in [0.25, 0.3) is 0 Å². The highest BCUT2D eigenvalue weighted by atomic mass is 35.5. The third-order valence-corrected chi connectivity index (χ3v) is 2.60. The molecule has 0 spiro atoms. The van der Waals surface area contributed by atoms with Crippen LogP contribution in [0.15, 0.2) is 6.07 Å². The van der Waals surface area contributed by atoms with Crippen molar-refractivity contribution in [3.05, 3.63) is 28.0 Å². The van der Waals surface area contributed by atoms with E-state index in [-0.39, 0.29) is 0 Å². The van der Waals surface area contributed by atoms with Crippen LogP contribution >= 0.6 is 11.6 Å². The van der Waals surface area contributed by atoms with E-state index in [2.05, 4.69) is 4.98 Å². The van der Waals surface area contributed by atoms with Crippen LogP contribution in [-0.2, 0) is 0 Å². The van der Waals surface area contributed by atoms with Crippen LogP contribution in [0.3, 0.4) is 0 Å². The smallest absolute Gasteiger partial charge is 0.150 e. The standard InChI is InChI=1S/C10H10ClNO.C2H6/c1-6-8(5-13)4-9(11)12-10(6)7-2-3-7;1-2/h4-5,7H,2-3H2,1H3;1-2H3. The number of carbonyl (C=O) groups excluding carboxylic acids is 1. The summed E-state index contributed by atoms with van der Waals surface area (Å²) < 4.78 is 0. The number of halogens is 1. The highest BCUT2D eigenvalue weighted by molar-refractivity contribution is 6.29. The van der Waals surface area contributed by atoms with E-state index in [0.29, 0.717) is 16.6 Å². The molecule has 82 valence electrons. The van der Waals surface area contributed by atoms with Crippen molar-refractivity contribution in [2.45, 2.75) is 39.5 Å². The first kappa shape index (κ1) is 12.2. The maximum atomic E-state index is 10.7. The molecule has 3 heteroatoms. The normalized spacial score (nSPS) is 14.1. The van der Waals surface area contributed by atoms with Crippen molar-refractivity contribution < 1.29 is 4.79 Å². The molecule has 0 unspecified atom stereocenters. The summed E-state index contributed by atoms with van der Waals surface area (Å²) in [5, 5.41) is 0.426. The molecule has 2 rings (SSSR count). The maximum absolute atomic E-state index is 10.7. The van der Waals surface area contributed by atoms with Gasteiger partial charge in [-0.2, -0.15) is 0 Å². The van der Waals surface area contributed by atoms with Gasteiger partial charge >= 0.3 is 0 Å². The van der Waals surface area contributed by atoms with E-state index in [1.165, 1.54) is 12.8 Å². The Morgan fingerprint density at radius 1 is 1.47 bits per heavy atom. The van der Waals surface area contributed by atoms with Crippen molar-refractivity contribution in [2.24, 2.45) is 0 Å². The van der Waals surface area contributed by atoms with Crippen LogP contribution in [0.5, 0.6) is 0 Å². The predicted octanol–water partition coefficient (Wildman–Crippen LogP) is 3.76. The molecule has 0 saturated heterocycles. The first-order valence-electron chi connectivity index (χ1n) is 5.34. The molecule has 0 bridgehead atoms. The fourth-order valence-corrected chi connectivity index (χ4v) is 1.70. The van der Waals surface area contributed by atoms with Gasteiger partial charge in [0.1, 0.15) is 11.4 Å². The summed E-state index contributed by atoms with van der Waals surface area (Å²) in [4.78, 5) is 14.9. The van der Waals surface area contributed by atoms with Gasteiger partial charge < -0.3 is 0 Å². The number of pyridine rings is 1. The van der Waals surface area contributed by atoms with Gasteiger partial charge in [0.15, 0.2) is 0 Å². The number of carbonyl (C=O) groups is 1. The van der Waals surface area contributed by atoms with Crippen LogP contribution in [0.4, 0.5) is 0 Å². The fraction of sp³-hybridized carbons (Fsp3) is 0.500. The Kier molecular flexibility index (Phi) is 4.28. The van der Waals surface area contributed by atoms with Gasteiger partial charge in [-0.15, -0.1) is 0 Å². The van der Waals surface area contributed by atoms with Crippen LogP contribution in [0.2, 0.25) is 5.15 Å². The molecule has 1 aliphatic rings. The molecule has 1 saturated carbocycles. The van der Waals surface area contributed by atoms with Crippen LogP contribution in [0.25, 0.3) is 0 Å². The zero-order chi connectivity index (χ0) is 11.4. The van der Waals surface area contributed by atoms with Gasteiger partial charge in [0, 0.05) is 17.2 Å². The summed E-state index contributed by atoms with van der Waals surface area (Å²) in [5.74, 6) is 0.539. The summed E-state index contributed by atoms with van der Waals surface area (Å²) in [6.45, 7) is 5.93. The molecule has 1 aromatic heterocycles. The highest BCUT2D eigenvalue weighted by Gasteiger charge is 2.27. The van der Waals surface area contributed by atoms with E-state index in [1.54, 1.807) is 6.07 Å². The Morgan fingerprint density at radius 3 is 2.53 bits per heavy atom. The van der Waals surface area contributed by atoms with Gasteiger partial charge in [-0.1, -0.05) is 25.4 Å². The molecule has 1 aromatic rings. The first-order valence-corrected chi connectivity index (χ1v) is 5.72. The quantitative estimate of drug-likeness (QED) is 0.567.